The van der Waals surface area contributed by atoms with Gasteiger partial charge in [0.2, 0.25) is 0 Å². The molecule has 1 N–H and O–H groups in total. The SMILES string of the molecule is CCCNCCOC(=O)Cc1ccc(OCC)cc1. The molecular weight excluding hydrogens is 242 g/mol. The van der Waals surface area contributed by atoms with Crippen LogP contribution in [0.2, 0.25) is 0 Å². The summed E-state index contributed by atoms with van der Waals surface area (Å²) in [6.45, 7) is 6.78. The van der Waals surface area contributed by atoms with Gasteiger partial charge in [0.1, 0.15) is 12.4 Å². The van der Waals surface area contributed by atoms with Crippen molar-refractivity contribution in [2.75, 3.05) is 26.3 Å². The standard InChI is InChI=1S/C15H23NO3/c1-3-9-16-10-11-19-15(17)12-13-5-7-14(8-6-13)18-4-2/h5-8,16H,3-4,9-12H2,1-2H3. The number of hydrogen-bond donors (Lipinski definition) is 1. The maximum Gasteiger partial charge on any atom is 0.310 e. The van der Waals surface area contributed by atoms with Crippen molar-refractivity contribution in [3.8, 4) is 5.75 Å². The molecule has 0 aliphatic rings. The van der Waals surface area contributed by atoms with Crippen LogP contribution in [0.15, 0.2) is 24.3 Å². The highest BCUT2D eigenvalue weighted by molar-refractivity contribution is 5.72. The van der Waals surface area contributed by atoms with Crippen LogP contribution in [0.1, 0.15) is 25.8 Å². The molecular formula is C15H23NO3. The van der Waals surface area contributed by atoms with E-state index in [2.05, 4.69) is 12.2 Å². The van der Waals surface area contributed by atoms with Crippen molar-refractivity contribution < 1.29 is 14.3 Å². The van der Waals surface area contributed by atoms with Crippen LogP contribution in [0.4, 0.5) is 0 Å². The van der Waals surface area contributed by atoms with Crippen LogP contribution in [-0.2, 0) is 16.0 Å². The van der Waals surface area contributed by atoms with Gasteiger partial charge in [-0.2, -0.15) is 0 Å². The van der Waals surface area contributed by atoms with Crippen LogP contribution in [0, 0.1) is 0 Å². The van der Waals surface area contributed by atoms with Gasteiger partial charge in [-0.25, -0.2) is 0 Å². The van der Waals surface area contributed by atoms with Gasteiger partial charge in [0, 0.05) is 6.54 Å². The van der Waals surface area contributed by atoms with Gasteiger partial charge in [0.05, 0.1) is 13.0 Å². The molecule has 106 valence electrons. The molecule has 1 aromatic rings. The Bertz CT molecular complexity index is 362. The van der Waals surface area contributed by atoms with E-state index in [1.807, 2.05) is 31.2 Å². The monoisotopic (exact) mass is 265 g/mol. The fraction of sp³-hybridized carbons (Fsp3) is 0.533. The van der Waals surface area contributed by atoms with Crippen molar-refractivity contribution in [1.29, 1.82) is 0 Å². The summed E-state index contributed by atoms with van der Waals surface area (Å²) in [5.41, 5.74) is 0.940. The Morgan fingerprint density at radius 2 is 1.89 bits per heavy atom. The first-order chi connectivity index (χ1) is 9.26. The second kappa shape index (κ2) is 9.39. The van der Waals surface area contributed by atoms with E-state index in [0.29, 0.717) is 26.2 Å². The summed E-state index contributed by atoms with van der Waals surface area (Å²) in [6.07, 6.45) is 1.39. The molecule has 4 nitrogen and oxygen atoms in total. The van der Waals surface area contributed by atoms with Gasteiger partial charge in [-0.15, -0.1) is 0 Å². The molecule has 0 saturated carbocycles. The molecule has 0 aliphatic heterocycles. The Morgan fingerprint density at radius 1 is 1.16 bits per heavy atom. The highest BCUT2D eigenvalue weighted by Gasteiger charge is 2.04. The number of carbonyl (C=O) groups is 1. The Morgan fingerprint density at radius 3 is 2.53 bits per heavy atom. The summed E-state index contributed by atoms with van der Waals surface area (Å²) in [5.74, 6) is 0.630. The van der Waals surface area contributed by atoms with Gasteiger partial charge in [-0.3, -0.25) is 4.79 Å². The molecule has 0 aromatic heterocycles. The maximum absolute atomic E-state index is 11.6. The van der Waals surface area contributed by atoms with Crippen molar-refractivity contribution in [2.45, 2.75) is 26.7 Å². The topological polar surface area (TPSA) is 47.6 Å². The van der Waals surface area contributed by atoms with Crippen molar-refractivity contribution in [3.63, 3.8) is 0 Å². The first kappa shape index (κ1) is 15.5. The molecule has 0 heterocycles. The Hall–Kier alpha value is -1.55. The average Bonchev–Trinajstić information content (AvgIpc) is 2.41. The molecule has 0 aliphatic carbocycles. The number of benzene rings is 1. The predicted molar refractivity (Wildman–Crippen MR) is 75.4 cm³/mol. The van der Waals surface area contributed by atoms with E-state index in [0.717, 1.165) is 24.3 Å². The molecule has 1 aromatic carbocycles. The first-order valence-corrected chi connectivity index (χ1v) is 6.84. The zero-order chi connectivity index (χ0) is 13.9. The molecule has 0 unspecified atom stereocenters. The van der Waals surface area contributed by atoms with Crippen molar-refractivity contribution in [1.82, 2.24) is 5.32 Å². The second-order valence-corrected chi connectivity index (χ2v) is 4.22. The van der Waals surface area contributed by atoms with E-state index in [4.69, 9.17) is 9.47 Å². The zero-order valence-electron chi connectivity index (χ0n) is 11.8. The third-order valence-corrected chi connectivity index (χ3v) is 2.55. The predicted octanol–water partition coefficient (Wildman–Crippen LogP) is 2.17. The Labute approximate surface area is 115 Å². The van der Waals surface area contributed by atoms with Gasteiger partial charge >= 0.3 is 5.97 Å². The maximum atomic E-state index is 11.6. The van der Waals surface area contributed by atoms with Gasteiger partial charge in [-0.05, 0) is 37.6 Å². The molecule has 4 heteroatoms. The summed E-state index contributed by atoms with van der Waals surface area (Å²) < 4.78 is 10.5. The number of nitrogens with one attached hydrogen (secondary N) is 1. The largest absolute Gasteiger partial charge is 0.494 e. The zero-order valence-corrected chi connectivity index (χ0v) is 11.8. The second-order valence-electron chi connectivity index (χ2n) is 4.22. The third kappa shape index (κ3) is 6.82. The minimum absolute atomic E-state index is 0.192. The molecule has 0 spiro atoms. The van der Waals surface area contributed by atoms with Crippen molar-refractivity contribution in [3.05, 3.63) is 29.8 Å². The van der Waals surface area contributed by atoms with E-state index in [9.17, 15) is 4.79 Å². The highest BCUT2D eigenvalue weighted by Crippen LogP contribution is 2.12. The van der Waals surface area contributed by atoms with E-state index >= 15 is 0 Å². The smallest absolute Gasteiger partial charge is 0.310 e. The molecule has 0 fully saturated rings. The Kier molecular flexibility index (Phi) is 7.66. The molecule has 0 atom stereocenters. The van der Waals surface area contributed by atoms with Crippen LogP contribution in [0.3, 0.4) is 0 Å². The van der Waals surface area contributed by atoms with Gasteiger partial charge in [0.25, 0.3) is 0 Å². The average molecular weight is 265 g/mol. The van der Waals surface area contributed by atoms with Gasteiger partial charge in [0.15, 0.2) is 0 Å². The minimum Gasteiger partial charge on any atom is -0.494 e. The lowest BCUT2D eigenvalue weighted by molar-refractivity contribution is -0.142. The quantitative estimate of drug-likeness (QED) is 0.549. The first-order valence-electron chi connectivity index (χ1n) is 6.84. The summed E-state index contributed by atoms with van der Waals surface area (Å²) >= 11 is 0. The van der Waals surface area contributed by atoms with Gasteiger partial charge in [-0.1, -0.05) is 19.1 Å². The lowest BCUT2D eigenvalue weighted by atomic mass is 10.1. The lowest BCUT2D eigenvalue weighted by Gasteiger charge is -2.07. The van der Waals surface area contributed by atoms with Crippen LogP contribution >= 0.6 is 0 Å². The fourth-order valence-corrected chi connectivity index (χ4v) is 1.63. The third-order valence-electron chi connectivity index (χ3n) is 2.55. The Balaban J connectivity index is 2.24. The summed E-state index contributed by atoms with van der Waals surface area (Å²) in [4.78, 5) is 11.6. The number of ether oxygens (including phenoxy) is 2. The molecule has 0 radical (unpaired) electrons. The van der Waals surface area contributed by atoms with Crippen LogP contribution < -0.4 is 10.1 Å². The molecule has 0 amide bonds. The van der Waals surface area contributed by atoms with E-state index in [-0.39, 0.29) is 5.97 Å². The van der Waals surface area contributed by atoms with Crippen LogP contribution in [0.25, 0.3) is 0 Å². The molecule has 19 heavy (non-hydrogen) atoms. The number of esters is 1. The van der Waals surface area contributed by atoms with E-state index in [1.54, 1.807) is 0 Å². The van der Waals surface area contributed by atoms with Crippen LogP contribution in [-0.4, -0.2) is 32.3 Å². The normalized spacial score (nSPS) is 10.2. The number of carbonyl (C=O) groups excluding carboxylic acids is 1. The van der Waals surface area contributed by atoms with Crippen molar-refractivity contribution >= 4 is 5.97 Å². The lowest BCUT2D eigenvalue weighted by Crippen LogP contribution is -2.22. The number of rotatable bonds is 9. The van der Waals surface area contributed by atoms with Crippen LogP contribution in [0.5, 0.6) is 5.75 Å². The molecule has 0 saturated heterocycles. The summed E-state index contributed by atoms with van der Waals surface area (Å²) in [7, 11) is 0. The summed E-state index contributed by atoms with van der Waals surface area (Å²) in [5, 5.41) is 3.18. The number of hydrogen-bond acceptors (Lipinski definition) is 4. The summed E-state index contributed by atoms with van der Waals surface area (Å²) in [6, 6.07) is 7.52. The molecule has 1 rings (SSSR count). The fourth-order valence-electron chi connectivity index (χ4n) is 1.63. The highest BCUT2D eigenvalue weighted by atomic mass is 16.5. The van der Waals surface area contributed by atoms with E-state index in [1.165, 1.54) is 0 Å². The minimum atomic E-state index is -0.192. The van der Waals surface area contributed by atoms with Crippen molar-refractivity contribution in [2.24, 2.45) is 0 Å². The molecule has 0 bridgehead atoms. The van der Waals surface area contributed by atoms with Gasteiger partial charge < -0.3 is 14.8 Å². The van der Waals surface area contributed by atoms with E-state index < -0.39 is 0 Å².